The minimum atomic E-state index is 0. The van der Waals surface area contributed by atoms with Crippen molar-refractivity contribution in [3.8, 4) is 11.5 Å². The highest BCUT2D eigenvalue weighted by molar-refractivity contribution is 14.0. The number of nitrogens with zero attached hydrogens (tertiary/aromatic N) is 2. The molecule has 3 rings (SSSR count). The number of nitrogens with one attached hydrogen (secondary N) is 2. The van der Waals surface area contributed by atoms with E-state index in [-0.39, 0.29) is 24.0 Å². The number of hydrogen-bond donors (Lipinski definition) is 2. The Morgan fingerprint density at radius 3 is 2.63 bits per heavy atom. The molecule has 0 bridgehead atoms. The molecule has 1 unspecified atom stereocenters. The van der Waals surface area contributed by atoms with E-state index in [0.717, 1.165) is 69.0 Å². The lowest BCUT2D eigenvalue weighted by Crippen LogP contribution is -2.42. The first-order valence-corrected chi connectivity index (χ1v) is 9.42. The lowest BCUT2D eigenvalue weighted by Gasteiger charge is -2.29. The molecule has 0 aliphatic carbocycles. The first-order chi connectivity index (χ1) is 12.7. The van der Waals surface area contributed by atoms with Crippen LogP contribution in [0.2, 0.25) is 0 Å². The molecule has 2 aliphatic heterocycles. The van der Waals surface area contributed by atoms with Gasteiger partial charge >= 0.3 is 0 Å². The molecule has 2 N–H and O–H groups in total. The molecule has 8 heteroatoms. The van der Waals surface area contributed by atoms with Crippen LogP contribution >= 0.6 is 24.0 Å². The van der Waals surface area contributed by atoms with Crippen LogP contribution in [0.15, 0.2) is 23.2 Å². The van der Waals surface area contributed by atoms with Crippen molar-refractivity contribution in [3.63, 3.8) is 0 Å². The summed E-state index contributed by atoms with van der Waals surface area (Å²) in [5.74, 6) is 2.86. The number of benzene rings is 1. The normalized spacial score (nSPS) is 18.8. The third-order valence-electron chi connectivity index (χ3n) is 4.53. The third kappa shape index (κ3) is 7.00. The summed E-state index contributed by atoms with van der Waals surface area (Å²) >= 11 is 0. The van der Waals surface area contributed by atoms with Crippen LogP contribution in [0, 0.1) is 5.92 Å². The molecule has 1 fully saturated rings. The molecule has 2 aliphatic rings. The van der Waals surface area contributed by atoms with Gasteiger partial charge in [-0.05, 0) is 18.1 Å². The average molecular weight is 490 g/mol. The molecule has 2 heterocycles. The molecule has 0 aromatic heterocycles. The zero-order chi connectivity index (χ0) is 18.2. The quantitative estimate of drug-likeness (QED) is 0.376. The van der Waals surface area contributed by atoms with Gasteiger partial charge in [-0.15, -0.1) is 24.0 Å². The van der Waals surface area contributed by atoms with Gasteiger partial charge in [-0.1, -0.05) is 6.92 Å². The number of anilines is 1. The fraction of sp³-hybridized carbons (Fsp3) is 0.632. The number of halogens is 1. The van der Waals surface area contributed by atoms with Gasteiger partial charge in [0.2, 0.25) is 0 Å². The molecule has 1 atom stereocenters. The number of aliphatic imine (C=N–C) groups is 1. The third-order valence-corrected chi connectivity index (χ3v) is 4.53. The Morgan fingerprint density at radius 1 is 1.15 bits per heavy atom. The number of fused-ring (bicyclic) bond motifs is 1. The van der Waals surface area contributed by atoms with Gasteiger partial charge in [0.05, 0.1) is 26.4 Å². The molecule has 152 valence electrons. The fourth-order valence-electron chi connectivity index (χ4n) is 3.12. The van der Waals surface area contributed by atoms with Crippen LogP contribution in [-0.2, 0) is 4.74 Å². The molecule has 0 spiro atoms. The Balaban J connectivity index is 0.00000261. The summed E-state index contributed by atoms with van der Waals surface area (Å²) in [5.41, 5.74) is 0.934. The van der Waals surface area contributed by atoms with E-state index in [2.05, 4.69) is 27.4 Å². The largest absolute Gasteiger partial charge is 0.490 e. The summed E-state index contributed by atoms with van der Waals surface area (Å²) in [7, 11) is 1.78. The van der Waals surface area contributed by atoms with Crippen LogP contribution in [-0.4, -0.2) is 70.5 Å². The van der Waals surface area contributed by atoms with E-state index < -0.39 is 0 Å². The maximum Gasteiger partial charge on any atom is 0.195 e. The molecule has 0 radical (unpaired) electrons. The van der Waals surface area contributed by atoms with E-state index in [9.17, 15) is 0 Å². The van der Waals surface area contributed by atoms with Crippen LogP contribution < -0.4 is 20.1 Å². The van der Waals surface area contributed by atoms with Gasteiger partial charge < -0.3 is 24.8 Å². The lowest BCUT2D eigenvalue weighted by molar-refractivity contribution is 0.0320. The second-order valence-corrected chi connectivity index (χ2v) is 6.81. The van der Waals surface area contributed by atoms with Gasteiger partial charge in [0.1, 0.15) is 0 Å². The maximum absolute atomic E-state index is 5.75. The Bertz CT molecular complexity index is 609. The Kier molecular flexibility index (Phi) is 9.43. The van der Waals surface area contributed by atoms with Gasteiger partial charge in [0, 0.05) is 51.4 Å². The van der Waals surface area contributed by atoms with Crippen LogP contribution in [0.5, 0.6) is 11.5 Å². The monoisotopic (exact) mass is 490 g/mol. The average Bonchev–Trinajstić information content (AvgIpc) is 2.91. The van der Waals surface area contributed by atoms with Crippen molar-refractivity contribution in [2.24, 2.45) is 10.9 Å². The van der Waals surface area contributed by atoms with Gasteiger partial charge in [0.15, 0.2) is 17.5 Å². The van der Waals surface area contributed by atoms with Gasteiger partial charge in [-0.2, -0.15) is 0 Å². The molecule has 0 amide bonds. The predicted octanol–water partition coefficient (Wildman–Crippen LogP) is 2.42. The summed E-state index contributed by atoms with van der Waals surface area (Å²) in [5, 5.41) is 6.74. The van der Waals surface area contributed by atoms with Crippen molar-refractivity contribution >= 4 is 35.6 Å². The van der Waals surface area contributed by atoms with Crippen molar-refractivity contribution in [1.29, 1.82) is 0 Å². The van der Waals surface area contributed by atoms with Gasteiger partial charge in [-0.25, -0.2) is 0 Å². The van der Waals surface area contributed by atoms with E-state index in [1.54, 1.807) is 7.05 Å². The first kappa shape index (κ1) is 22.0. The van der Waals surface area contributed by atoms with Crippen LogP contribution in [0.25, 0.3) is 0 Å². The second-order valence-electron chi connectivity index (χ2n) is 6.81. The minimum Gasteiger partial charge on any atom is -0.490 e. The topological polar surface area (TPSA) is 67.4 Å². The summed E-state index contributed by atoms with van der Waals surface area (Å²) < 4.78 is 16.8. The summed E-state index contributed by atoms with van der Waals surface area (Å²) in [6.45, 7) is 9.29. The number of guanidine groups is 1. The van der Waals surface area contributed by atoms with Crippen molar-refractivity contribution < 1.29 is 14.2 Å². The number of rotatable bonds is 5. The van der Waals surface area contributed by atoms with Crippen LogP contribution in [0.3, 0.4) is 0 Å². The Morgan fingerprint density at radius 2 is 1.89 bits per heavy atom. The molecular weight excluding hydrogens is 459 g/mol. The van der Waals surface area contributed by atoms with E-state index in [0.29, 0.717) is 19.1 Å². The zero-order valence-electron chi connectivity index (χ0n) is 16.2. The molecule has 27 heavy (non-hydrogen) atoms. The van der Waals surface area contributed by atoms with E-state index in [4.69, 9.17) is 14.2 Å². The summed E-state index contributed by atoms with van der Waals surface area (Å²) in [6, 6.07) is 5.89. The Labute approximate surface area is 178 Å². The highest BCUT2D eigenvalue weighted by atomic mass is 127. The molecule has 1 aromatic carbocycles. The highest BCUT2D eigenvalue weighted by Gasteiger charge is 2.15. The number of hydrogen-bond acceptors (Lipinski definition) is 5. The van der Waals surface area contributed by atoms with Crippen molar-refractivity contribution in [1.82, 2.24) is 10.2 Å². The molecule has 1 saturated heterocycles. The molecular formula is C19H31IN4O3. The van der Waals surface area contributed by atoms with E-state index >= 15 is 0 Å². The first-order valence-electron chi connectivity index (χ1n) is 9.42. The van der Waals surface area contributed by atoms with Crippen LogP contribution in [0.1, 0.15) is 13.3 Å². The second kappa shape index (κ2) is 11.6. The van der Waals surface area contributed by atoms with Gasteiger partial charge in [0.25, 0.3) is 0 Å². The van der Waals surface area contributed by atoms with Crippen LogP contribution in [0.4, 0.5) is 5.69 Å². The SMILES string of the molecule is CN=C(NCC(C)CN1CCOCC1)Nc1ccc2c(c1)OCCCO2.I. The zero-order valence-corrected chi connectivity index (χ0v) is 18.5. The van der Waals surface area contributed by atoms with E-state index in [1.807, 2.05) is 18.2 Å². The molecule has 7 nitrogen and oxygen atoms in total. The fourth-order valence-corrected chi connectivity index (χ4v) is 3.12. The minimum absolute atomic E-state index is 0. The Hall–Kier alpha value is -1.26. The predicted molar refractivity (Wildman–Crippen MR) is 119 cm³/mol. The van der Waals surface area contributed by atoms with Crippen molar-refractivity contribution in [2.75, 3.05) is 65.0 Å². The number of ether oxygens (including phenoxy) is 3. The lowest BCUT2D eigenvalue weighted by atomic mass is 10.1. The maximum atomic E-state index is 5.75. The van der Waals surface area contributed by atoms with E-state index in [1.165, 1.54) is 0 Å². The van der Waals surface area contributed by atoms with Gasteiger partial charge in [-0.3, -0.25) is 9.89 Å². The van der Waals surface area contributed by atoms with Crippen molar-refractivity contribution in [3.05, 3.63) is 18.2 Å². The summed E-state index contributed by atoms with van der Waals surface area (Å²) in [6.07, 6.45) is 0.904. The standard InChI is InChI=1S/C19H30N4O3.HI/c1-15(14-23-6-10-24-11-7-23)13-21-19(20-2)22-16-4-5-17-18(12-16)26-9-3-8-25-17;/h4-5,12,15H,3,6-11,13-14H2,1-2H3,(H2,20,21,22);1H. The van der Waals surface area contributed by atoms with Crippen molar-refractivity contribution in [2.45, 2.75) is 13.3 Å². The number of morpholine rings is 1. The molecule has 0 saturated carbocycles. The summed E-state index contributed by atoms with van der Waals surface area (Å²) in [4.78, 5) is 6.78. The highest BCUT2D eigenvalue weighted by Crippen LogP contribution is 2.32. The smallest absolute Gasteiger partial charge is 0.195 e. The molecule has 1 aromatic rings.